The smallest absolute Gasteiger partial charge is 1.00 e. The summed E-state index contributed by atoms with van der Waals surface area (Å²) in [5.74, 6) is 3.22. The molecule has 0 spiro atoms. The Balaban J connectivity index is 0.00000325. The molecule has 2 unspecified atom stereocenters. The maximum absolute atomic E-state index is 6.39. The van der Waals surface area contributed by atoms with Gasteiger partial charge in [0.25, 0.3) is 0 Å². The van der Waals surface area contributed by atoms with Crippen molar-refractivity contribution in [3.05, 3.63) is 117 Å². The first kappa shape index (κ1) is 44.4. The van der Waals surface area contributed by atoms with Gasteiger partial charge in [-0.3, -0.25) is 0 Å². The summed E-state index contributed by atoms with van der Waals surface area (Å²) in [6, 6.07) is 27.1. The molecule has 2 aliphatic carbocycles. The maximum atomic E-state index is 6.39. The average Bonchev–Trinajstić information content (AvgIpc) is 3.62. The molecule has 2 nitrogen and oxygen atoms in total. The van der Waals surface area contributed by atoms with Crippen LogP contribution in [0.1, 0.15) is 123 Å². The molecule has 6 heteroatoms. The number of ether oxygens (including phenoxy) is 2. The van der Waals surface area contributed by atoms with E-state index in [-0.39, 0.29) is 35.6 Å². The molecule has 0 fully saturated rings. The molecule has 0 saturated carbocycles. The molecule has 4 aromatic carbocycles. The Morgan fingerprint density at radius 3 is 1.20 bits per heavy atom. The molecule has 4 aromatic rings. The third-order valence-corrected chi connectivity index (χ3v) is 22.7. The van der Waals surface area contributed by atoms with Crippen LogP contribution in [-0.2, 0) is 31.2 Å². The second-order valence-corrected chi connectivity index (χ2v) is 28.5. The van der Waals surface area contributed by atoms with Crippen LogP contribution in [0.5, 0.6) is 11.5 Å². The van der Waals surface area contributed by atoms with Crippen LogP contribution >= 0.6 is 0 Å². The van der Waals surface area contributed by atoms with Crippen molar-refractivity contribution >= 4 is 19.0 Å². The van der Waals surface area contributed by atoms with E-state index in [1.54, 1.807) is 22.3 Å². The Morgan fingerprint density at radius 1 is 0.593 bits per heavy atom. The maximum Gasteiger partial charge on any atom is -1.00 e. The fourth-order valence-electron chi connectivity index (χ4n) is 8.79. The molecule has 0 aliphatic heterocycles. The quantitative estimate of drug-likeness (QED) is 0.170. The summed E-state index contributed by atoms with van der Waals surface area (Å²) in [4.78, 5) is 0. The van der Waals surface area contributed by atoms with Crippen molar-refractivity contribution in [1.82, 2.24) is 0 Å². The van der Waals surface area contributed by atoms with Gasteiger partial charge in [0.1, 0.15) is 0 Å². The van der Waals surface area contributed by atoms with Crippen molar-refractivity contribution in [2.45, 2.75) is 100 Å². The van der Waals surface area contributed by atoms with Crippen LogP contribution in [-0.4, -0.2) is 21.1 Å². The van der Waals surface area contributed by atoms with Crippen molar-refractivity contribution in [3.63, 3.8) is 0 Å². The fraction of sp³-hybridized carbons (Fsp3) is 0.417. The summed E-state index contributed by atoms with van der Waals surface area (Å²) in [6.07, 6.45) is 7.46. The number of rotatable bonds is 10. The number of hydrogen-bond acceptors (Lipinski definition) is 2. The molecule has 0 amide bonds. The third-order valence-electron chi connectivity index (χ3n) is 10.9. The summed E-state index contributed by atoms with van der Waals surface area (Å²) in [5.41, 5.74) is 16.7. The standard InChI is InChI=1S/2C24H29O.2ClH.H2Si.Zr/c2*1-16(2)12-17-13-19-15-21(24(3,4)5)23(25-6)22(20(19)14-17)18-10-8-7-9-11-18;;;;/h2*7-11,13-16H,12H2,1-6H3;2*1H;1H2;/q;;;;;+2/p-2. The number of methoxy groups -OCH3 is 2. The van der Waals surface area contributed by atoms with Gasteiger partial charge < -0.3 is 24.8 Å². The largest absolute Gasteiger partial charge is 1.00 e. The minimum Gasteiger partial charge on any atom is -1.00 e. The molecular formula is C48H60Cl2O2SiZr. The van der Waals surface area contributed by atoms with Crippen LogP contribution in [0.2, 0.25) is 0 Å². The first-order chi connectivity index (χ1) is 24.6. The van der Waals surface area contributed by atoms with Gasteiger partial charge in [0, 0.05) is 0 Å². The van der Waals surface area contributed by atoms with Crippen molar-refractivity contribution in [1.29, 1.82) is 0 Å². The number of hydrogen-bond donors (Lipinski definition) is 0. The van der Waals surface area contributed by atoms with Gasteiger partial charge in [-0.15, -0.1) is 0 Å². The second kappa shape index (κ2) is 17.4. The van der Waals surface area contributed by atoms with E-state index in [0.29, 0.717) is 19.1 Å². The minimum absolute atomic E-state index is 0. The SMILES string of the molecule is COc1c(C(C)(C)C)cc2c(c1-c1ccccc1)C=C(CC(C)C)[CH]2[Zr+2](=[SiH2])[CH]1C(CC(C)C)=Cc2c1cc(C(C)(C)C)c(OC)c2-c1ccccc1.[Cl-].[Cl-]. The summed E-state index contributed by atoms with van der Waals surface area (Å²) in [7, 11) is 3.72. The van der Waals surface area contributed by atoms with Crippen molar-refractivity contribution < 1.29 is 54.7 Å². The van der Waals surface area contributed by atoms with Gasteiger partial charge in [0.05, 0.1) is 0 Å². The summed E-state index contributed by atoms with van der Waals surface area (Å²) in [6.45, 7) is 26.1. The molecule has 0 bridgehead atoms. The number of allylic oxidation sites excluding steroid dienone is 2. The van der Waals surface area contributed by atoms with E-state index in [2.05, 4.69) is 161 Å². The van der Waals surface area contributed by atoms with Gasteiger partial charge >= 0.3 is 326 Å². The van der Waals surface area contributed by atoms with Gasteiger partial charge in [-0.2, -0.15) is 0 Å². The molecule has 2 atom stereocenters. The van der Waals surface area contributed by atoms with Crippen LogP contribution in [0, 0.1) is 11.8 Å². The molecule has 2 aliphatic rings. The molecule has 0 aromatic heterocycles. The zero-order chi connectivity index (χ0) is 37.7. The van der Waals surface area contributed by atoms with Crippen LogP contribution in [0.15, 0.2) is 83.9 Å². The van der Waals surface area contributed by atoms with E-state index in [4.69, 9.17) is 9.47 Å². The molecule has 0 saturated heterocycles. The second-order valence-electron chi connectivity index (χ2n) is 18.0. The van der Waals surface area contributed by atoms with Crippen LogP contribution in [0.3, 0.4) is 0 Å². The van der Waals surface area contributed by atoms with E-state index in [0.717, 1.165) is 24.3 Å². The van der Waals surface area contributed by atoms with E-state index >= 15 is 0 Å². The van der Waals surface area contributed by atoms with Gasteiger partial charge in [-0.1, -0.05) is 0 Å². The first-order valence-electron chi connectivity index (χ1n) is 19.3. The van der Waals surface area contributed by atoms with E-state index in [9.17, 15) is 0 Å². The van der Waals surface area contributed by atoms with Crippen molar-refractivity contribution in [2.24, 2.45) is 11.8 Å². The number of fused-ring (bicyclic) bond motifs is 2. The topological polar surface area (TPSA) is 18.5 Å². The number of halogens is 2. The van der Waals surface area contributed by atoms with Crippen molar-refractivity contribution in [2.75, 3.05) is 14.2 Å². The predicted molar refractivity (Wildman–Crippen MR) is 223 cm³/mol. The normalized spacial score (nSPS) is 16.1. The Bertz CT molecular complexity index is 1900. The molecule has 0 heterocycles. The van der Waals surface area contributed by atoms with Crippen LogP contribution in [0.4, 0.5) is 0 Å². The van der Waals surface area contributed by atoms with Gasteiger partial charge in [0.15, 0.2) is 0 Å². The van der Waals surface area contributed by atoms with E-state index < -0.39 is 20.4 Å². The molecular weight excluding hydrogens is 799 g/mol. The van der Waals surface area contributed by atoms with Gasteiger partial charge in [-0.25, -0.2) is 0 Å². The zero-order valence-corrected chi connectivity index (χ0v) is 40.0. The van der Waals surface area contributed by atoms with Crippen LogP contribution < -0.4 is 34.3 Å². The van der Waals surface area contributed by atoms with E-state index in [1.165, 1.54) is 44.5 Å². The Kier molecular flexibility index (Phi) is 14.3. The summed E-state index contributed by atoms with van der Waals surface area (Å²) in [5, 5.41) is 0. The number of benzene rings is 4. The van der Waals surface area contributed by atoms with E-state index in [1.807, 2.05) is 14.2 Å². The fourth-order valence-corrected chi connectivity index (χ4v) is 21.8. The Labute approximate surface area is 348 Å². The summed E-state index contributed by atoms with van der Waals surface area (Å²) >= 11 is -2.46. The zero-order valence-electron chi connectivity index (χ0n) is 34.6. The predicted octanol–water partition coefficient (Wildman–Crippen LogP) is 6.48. The average molecular weight is 859 g/mol. The molecule has 0 radical (unpaired) electrons. The first-order valence-corrected chi connectivity index (χ1v) is 28.0. The molecule has 6 rings (SSSR count). The molecule has 286 valence electrons. The van der Waals surface area contributed by atoms with Crippen LogP contribution in [0.25, 0.3) is 34.4 Å². The monoisotopic (exact) mass is 856 g/mol. The summed E-state index contributed by atoms with van der Waals surface area (Å²) < 4.78 is 13.8. The third kappa shape index (κ3) is 8.49. The van der Waals surface area contributed by atoms with Gasteiger partial charge in [0.2, 0.25) is 0 Å². The van der Waals surface area contributed by atoms with Crippen molar-refractivity contribution in [3.8, 4) is 33.8 Å². The Morgan fingerprint density at radius 2 is 0.926 bits per heavy atom. The Hall–Kier alpha value is -2.36. The molecule has 0 N–H and O–H groups in total. The van der Waals surface area contributed by atoms with Gasteiger partial charge in [-0.05, 0) is 0 Å². The molecule has 54 heavy (non-hydrogen) atoms. The minimum atomic E-state index is -2.46.